The SMILES string of the molecule is CCCCCCCCCCCC(=O)NCC(=O)N/N=C\c1ccc(OC(=O)c2sc3ccccc3c2Cl)cc1. The van der Waals surface area contributed by atoms with E-state index in [1.165, 1.54) is 56.1 Å². The maximum atomic E-state index is 12.6. The van der Waals surface area contributed by atoms with Gasteiger partial charge in [-0.25, -0.2) is 10.2 Å². The Hall–Kier alpha value is -3.23. The number of thiophene rings is 1. The number of rotatable bonds is 16. The Balaban J connectivity index is 1.31. The highest BCUT2D eigenvalue weighted by atomic mass is 35.5. The average Bonchev–Trinajstić information content (AvgIpc) is 3.28. The van der Waals surface area contributed by atoms with Crippen LogP contribution in [0.15, 0.2) is 53.6 Å². The van der Waals surface area contributed by atoms with Gasteiger partial charge < -0.3 is 10.1 Å². The van der Waals surface area contributed by atoms with Gasteiger partial charge in [0.1, 0.15) is 10.6 Å². The fourth-order valence-corrected chi connectivity index (χ4v) is 5.39. The molecule has 0 saturated heterocycles. The van der Waals surface area contributed by atoms with Crippen molar-refractivity contribution in [2.45, 2.75) is 71.1 Å². The third-order valence-electron chi connectivity index (χ3n) is 6.17. The summed E-state index contributed by atoms with van der Waals surface area (Å²) in [7, 11) is 0. The van der Waals surface area contributed by atoms with Crippen LogP contribution in [-0.4, -0.2) is 30.5 Å². The van der Waals surface area contributed by atoms with E-state index in [2.05, 4.69) is 22.8 Å². The van der Waals surface area contributed by atoms with E-state index in [9.17, 15) is 14.4 Å². The number of unbranched alkanes of at least 4 members (excludes halogenated alkanes) is 8. The van der Waals surface area contributed by atoms with Crippen LogP contribution in [-0.2, 0) is 9.59 Å². The normalized spacial score (nSPS) is 11.1. The van der Waals surface area contributed by atoms with Gasteiger partial charge in [-0.15, -0.1) is 11.3 Å². The molecule has 0 saturated carbocycles. The van der Waals surface area contributed by atoms with Crippen LogP contribution in [0.5, 0.6) is 5.75 Å². The second-order valence-corrected chi connectivity index (χ2v) is 10.8. The molecular formula is C30H36ClN3O4S. The minimum atomic E-state index is -0.519. The third-order valence-corrected chi connectivity index (χ3v) is 7.82. The summed E-state index contributed by atoms with van der Waals surface area (Å²) in [5, 5.41) is 7.75. The zero-order valence-electron chi connectivity index (χ0n) is 22.3. The number of amides is 2. The molecule has 39 heavy (non-hydrogen) atoms. The first-order chi connectivity index (χ1) is 19.0. The van der Waals surface area contributed by atoms with Crippen LogP contribution in [0.4, 0.5) is 0 Å². The highest BCUT2D eigenvalue weighted by molar-refractivity contribution is 7.21. The van der Waals surface area contributed by atoms with Crippen LogP contribution in [0.2, 0.25) is 5.02 Å². The van der Waals surface area contributed by atoms with E-state index >= 15 is 0 Å². The zero-order chi connectivity index (χ0) is 27.9. The van der Waals surface area contributed by atoms with Gasteiger partial charge in [-0.3, -0.25) is 9.59 Å². The molecule has 2 amide bonds. The number of nitrogens with zero attached hydrogens (tertiary/aromatic N) is 1. The molecule has 0 spiro atoms. The number of carbonyl (C=O) groups excluding carboxylic acids is 3. The summed E-state index contributed by atoms with van der Waals surface area (Å²) in [4.78, 5) is 36.8. The molecule has 0 unspecified atom stereocenters. The van der Waals surface area contributed by atoms with Crippen molar-refractivity contribution in [3.8, 4) is 5.75 Å². The monoisotopic (exact) mass is 569 g/mol. The summed E-state index contributed by atoms with van der Waals surface area (Å²) in [5.41, 5.74) is 3.09. The standard InChI is InChI=1S/C30H36ClN3O4S/c1-2-3-4-5-6-7-8-9-10-15-26(35)32-21-27(36)34-33-20-22-16-18-23(19-17-22)38-30(37)29-28(31)24-13-11-12-14-25(24)39-29/h11-14,16-20H,2-10,15,21H2,1H3,(H,32,35)(H,34,36)/b33-20-. The van der Waals surface area contributed by atoms with Crippen molar-refractivity contribution >= 4 is 57.0 Å². The summed E-state index contributed by atoms with van der Waals surface area (Å²) in [5.74, 6) is -0.685. The average molecular weight is 570 g/mol. The number of halogens is 1. The summed E-state index contributed by atoms with van der Waals surface area (Å²) in [6, 6.07) is 14.2. The summed E-state index contributed by atoms with van der Waals surface area (Å²) < 4.78 is 6.38. The Morgan fingerprint density at radius 1 is 0.897 bits per heavy atom. The molecule has 3 aromatic rings. The van der Waals surface area contributed by atoms with Gasteiger partial charge in [-0.05, 0) is 42.3 Å². The lowest BCUT2D eigenvalue weighted by Gasteiger charge is -2.05. The van der Waals surface area contributed by atoms with Gasteiger partial charge in [0, 0.05) is 16.5 Å². The Bertz CT molecular complexity index is 1260. The van der Waals surface area contributed by atoms with Crippen molar-refractivity contribution in [3.05, 3.63) is 64.0 Å². The number of esters is 1. The van der Waals surface area contributed by atoms with E-state index < -0.39 is 11.9 Å². The van der Waals surface area contributed by atoms with E-state index in [-0.39, 0.29) is 12.5 Å². The van der Waals surface area contributed by atoms with Crippen LogP contribution < -0.4 is 15.5 Å². The van der Waals surface area contributed by atoms with Gasteiger partial charge in [0.05, 0.1) is 17.8 Å². The topological polar surface area (TPSA) is 96.9 Å². The Morgan fingerprint density at radius 3 is 2.26 bits per heavy atom. The predicted octanol–water partition coefficient (Wildman–Crippen LogP) is 7.26. The Labute approximate surface area is 239 Å². The molecule has 0 aliphatic carbocycles. The molecule has 0 aliphatic heterocycles. The van der Waals surface area contributed by atoms with Gasteiger partial charge in [-0.1, -0.05) is 88.1 Å². The molecular weight excluding hydrogens is 534 g/mol. The maximum Gasteiger partial charge on any atom is 0.355 e. The van der Waals surface area contributed by atoms with E-state index in [0.717, 1.165) is 29.3 Å². The highest BCUT2D eigenvalue weighted by Crippen LogP contribution is 2.35. The lowest BCUT2D eigenvalue weighted by Crippen LogP contribution is -2.34. The van der Waals surface area contributed by atoms with E-state index in [1.54, 1.807) is 24.3 Å². The lowest BCUT2D eigenvalue weighted by molar-refractivity contribution is -0.126. The van der Waals surface area contributed by atoms with E-state index in [1.807, 2.05) is 24.3 Å². The summed E-state index contributed by atoms with van der Waals surface area (Å²) >= 11 is 7.64. The third kappa shape index (κ3) is 10.5. The molecule has 1 aromatic heterocycles. The van der Waals surface area contributed by atoms with Crippen LogP contribution in [0, 0.1) is 0 Å². The molecule has 208 valence electrons. The number of hydrazone groups is 1. The molecule has 0 atom stereocenters. The van der Waals surface area contributed by atoms with Gasteiger partial charge >= 0.3 is 5.97 Å². The molecule has 0 fully saturated rings. The molecule has 2 aromatic carbocycles. The van der Waals surface area contributed by atoms with Gasteiger partial charge in [0.15, 0.2) is 0 Å². The summed E-state index contributed by atoms with van der Waals surface area (Å²) in [6.45, 7) is 2.10. The highest BCUT2D eigenvalue weighted by Gasteiger charge is 2.18. The number of ether oxygens (including phenoxy) is 1. The van der Waals surface area contributed by atoms with Crippen molar-refractivity contribution in [1.82, 2.24) is 10.7 Å². The number of fused-ring (bicyclic) bond motifs is 1. The van der Waals surface area contributed by atoms with Gasteiger partial charge in [-0.2, -0.15) is 5.10 Å². The van der Waals surface area contributed by atoms with E-state index in [4.69, 9.17) is 16.3 Å². The Morgan fingerprint density at radius 2 is 1.56 bits per heavy atom. The van der Waals surface area contributed by atoms with Crippen molar-refractivity contribution in [3.63, 3.8) is 0 Å². The van der Waals surface area contributed by atoms with Crippen molar-refractivity contribution < 1.29 is 19.1 Å². The van der Waals surface area contributed by atoms with Gasteiger partial charge in [0.25, 0.3) is 5.91 Å². The minimum Gasteiger partial charge on any atom is -0.422 e. The molecule has 3 rings (SSSR count). The lowest BCUT2D eigenvalue weighted by atomic mass is 10.1. The number of hydrogen-bond acceptors (Lipinski definition) is 6. The van der Waals surface area contributed by atoms with Crippen LogP contribution in [0.1, 0.15) is 86.4 Å². The fourth-order valence-electron chi connectivity index (χ4n) is 4.00. The second kappa shape index (κ2) is 16.7. The van der Waals surface area contributed by atoms with Crippen molar-refractivity contribution in [1.29, 1.82) is 0 Å². The molecule has 1 heterocycles. The van der Waals surface area contributed by atoms with Crippen LogP contribution in [0.3, 0.4) is 0 Å². The quantitative estimate of drug-likeness (QED) is 0.0623. The smallest absolute Gasteiger partial charge is 0.355 e. The molecule has 7 nitrogen and oxygen atoms in total. The minimum absolute atomic E-state index is 0.122. The number of hydrogen-bond donors (Lipinski definition) is 2. The largest absolute Gasteiger partial charge is 0.422 e. The number of benzene rings is 2. The van der Waals surface area contributed by atoms with Crippen LogP contribution in [0.25, 0.3) is 10.1 Å². The first-order valence-corrected chi connectivity index (χ1v) is 14.7. The van der Waals surface area contributed by atoms with Crippen molar-refractivity contribution in [2.24, 2.45) is 5.10 Å². The molecule has 0 bridgehead atoms. The van der Waals surface area contributed by atoms with Gasteiger partial charge in [0.2, 0.25) is 5.91 Å². The first-order valence-electron chi connectivity index (χ1n) is 13.6. The Kier molecular flexibility index (Phi) is 13.0. The molecule has 0 radical (unpaired) electrons. The maximum absolute atomic E-state index is 12.6. The summed E-state index contributed by atoms with van der Waals surface area (Å²) in [6.07, 6.45) is 12.6. The van der Waals surface area contributed by atoms with Crippen LogP contribution >= 0.6 is 22.9 Å². The first kappa shape index (κ1) is 30.3. The van der Waals surface area contributed by atoms with Crippen molar-refractivity contribution in [2.75, 3.05) is 6.54 Å². The number of nitrogens with one attached hydrogen (secondary N) is 2. The molecule has 0 aliphatic rings. The van der Waals surface area contributed by atoms with E-state index in [0.29, 0.717) is 27.6 Å². The molecule has 2 N–H and O–H groups in total. The second-order valence-electron chi connectivity index (χ2n) is 9.35. The number of carbonyl (C=O) groups is 3. The fraction of sp³-hybridized carbons (Fsp3) is 0.400. The molecule has 9 heteroatoms. The zero-order valence-corrected chi connectivity index (χ0v) is 23.9. The predicted molar refractivity (Wildman–Crippen MR) is 159 cm³/mol.